The fourth-order valence-electron chi connectivity index (χ4n) is 4.56. The first-order chi connectivity index (χ1) is 15.6. The van der Waals surface area contributed by atoms with Crippen molar-refractivity contribution >= 4 is 28.7 Å². The summed E-state index contributed by atoms with van der Waals surface area (Å²) in [5.41, 5.74) is 4.89. The summed E-state index contributed by atoms with van der Waals surface area (Å²) in [5.74, 6) is -0.0190. The molecule has 3 aromatic heterocycles. The Hall–Kier alpha value is -3.53. The van der Waals surface area contributed by atoms with Crippen LogP contribution in [0.2, 0.25) is 0 Å². The van der Waals surface area contributed by atoms with Gasteiger partial charge in [0.1, 0.15) is 12.1 Å². The number of H-pyrrole nitrogens is 1. The van der Waals surface area contributed by atoms with Crippen LogP contribution in [0.5, 0.6) is 0 Å². The number of rotatable bonds is 4. The van der Waals surface area contributed by atoms with E-state index in [-0.39, 0.29) is 24.6 Å². The molecular formula is C22H25N7O3. The van der Waals surface area contributed by atoms with Gasteiger partial charge in [-0.05, 0) is 25.0 Å². The zero-order valence-corrected chi connectivity index (χ0v) is 18.1. The number of hydrogen-bond acceptors (Lipinski definition) is 6. The molecule has 166 valence electrons. The number of nitrogens with zero attached hydrogens (tertiary/aromatic N) is 6. The van der Waals surface area contributed by atoms with Gasteiger partial charge in [-0.3, -0.25) is 19.8 Å². The van der Waals surface area contributed by atoms with Crippen molar-refractivity contribution in [1.29, 1.82) is 0 Å². The normalized spacial score (nSPS) is 17.2. The Morgan fingerprint density at radius 2 is 2.06 bits per heavy atom. The van der Waals surface area contributed by atoms with Crippen LogP contribution in [0, 0.1) is 0 Å². The number of carbonyl (C=O) groups excluding carboxylic acids is 2. The molecule has 0 aliphatic carbocycles. The van der Waals surface area contributed by atoms with Gasteiger partial charge in [0.25, 0.3) is 0 Å². The molecule has 32 heavy (non-hydrogen) atoms. The number of ether oxygens (including phenoxy) is 1. The molecule has 2 aliphatic heterocycles. The van der Waals surface area contributed by atoms with Crippen molar-refractivity contribution in [2.75, 3.05) is 38.8 Å². The summed E-state index contributed by atoms with van der Waals surface area (Å²) in [4.78, 5) is 40.4. The van der Waals surface area contributed by atoms with Crippen LogP contribution in [0.4, 0.5) is 10.5 Å². The lowest BCUT2D eigenvalue weighted by atomic mass is 9.99. The Kier molecular flexibility index (Phi) is 5.22. The smallest absolute Gasteiger partial charge is 0.324 e. The van der Waals surface area contributed by atoms with E-state index in [9.17, 15) is 9.59 Å². The third-order valence-electron chi connectivity index (χ3n) is 6.19. The first-order valence-electron chi connectivity index (χ1n) is 10.7. The van der Waals surface area contributed by atoms with E-state index in [0.29, 0.717) is 38.0 Å². The molecule has 5 rings (SSSR count). The fraction of sp³-hybridized carbons (Fsp3) is 0.409. The van der Waals surface area contributed by atoms with Gasteiger partial charge in [-0.2, -0.15) is 5.10 Å². The van der Waals surface area contributed by atoms with E-state index in [1.165, 1.54) is 7.11 Å². The number of urea groups is 1. The summed E-state index contributed by atoms with van der Waals surface area (Å²) < 4.78 is 4.98. The van der Waals surface area contributed by atoms with Crippen molar-refractivity contribution in [3.8, 4) is 11.3 Å². The van der Waals surface area contributed by atoms with Gasteiger partial charge in [0.2, 0.25) is 5.91 Å². The van der Waals surface area contributed by atoms with Gasteiger partial charge in [0.05, 0.1) is 29.6 Å². The molecule has 3 amide bonds. The topological polar surface area (TPSA) is 108 Å². The van der Waals surface area contributed by atoms with Crippen molar-refractivity contribution in [3.05, 3.63) is 36.3 Å². The number of hydrogen-bond donors (Lipinski definition) is 1. The Labute approximate surface area is 185 Å². The number of aromatic nitrogens is 4. The van der Waals surface area contributed by atoms with Crippen LogP contribution >= 0.6 is 0 Å². The van der Waals surface area contributed by atoms with Gasteiger partial charge in [-0.25, -0.2) is 9.78 Å². The molecule has 0 unspecified atom stereocenters. The van der Waals surface area contributed by atoms with Crippen LogP contribution in [0.3, 0.4) is 0 Å². The Bertz CT molecular complexity index is 1160. The van der Waals surface area contributed by atoms with Crippen LogP contribution in [0.15, 0.2) is 30.7 Å². The standard InChI is InChI=1S/C22H25N7O3/c1-27-12-15-9-23-18-4-3-17(14-10-24-25-11-14)26-20(18)21(15)29(22(27)31)16-5-7-28(8-6-16)19(30)13-32-2/h3-4,9-11,16H,5-8,12-13H2,1-2H3,(H,24,25). The SMILES string of the molecule is COCC(=O)N1CCC(N2C(=O)N(C)Cc3cnc4ccc(-c5cn[nH]c5)nc4c32)CC1. The number of carbonyl (C=O) groups is 2. The molecule has 5 heterocycles. The molecule has 0 aromatic carbocycles. The molecule has 1 saturated heterocycles. The highest BCUT2D eigenvalue weighted by atomic mass is 16.5. The number of fused-ring (bicyclic) bond motifs is 3. The molecule has 1 fully saturated rings. The van der Waals surface area contributed by atoms with Gasteiger partial charge in [-0.1, -0.05) is 0 Å². The van der Waals surface area contributed by atoms with Crippen molar-refractivity contribution in [1.82, 2.24) is 30.0 Å². The van der Waals surface area contributed by atoms with Crippen LogP contribution in [0.25, 0.3) is 22.3 Å². The highest BCUT2D eigenvalue weighted by Gasteiger charge is 2.37. The Balaban J connectivity index is 1.54. The molecule has 0 saturated carbocycles. The lowest BCUT2D eigenvalue weighted by molar-refractivity contribution is -0.136. The number of pyridine rings is 2. The molecule has 0 bridgehead atoms. The molecule has 2 aliphatic rings. The number of amides is 3. The van der Waals surface area contributed by atoms with Crippen molar-refractivity contribution in [2.24, 2.45) is 0 Å². The maximum atomic E-state index is 13.4. The lowest BCUT2D eigenvalue weighted by Gasteiger charge is -2.43. The average molecular weight is 435 g/mol. The van der Waals surface area contributed by atoms with Crippen molar-refractivity contribution in [2.45, 2.75) is 25.4 Å². The van der Waals surface area contributed by atoms with Crippen molar-refractivity contribution in [3.63, 3.8) is 0 Å². The van der Waals surface area contributed by atoms with Crippen LogP contribution in [0.1, 0.15) is 18.4 Å². The largest absolute Gasteiger partial charge is 0.375 e. The predicted octanol–water partition coefficient (Wildman–Crippen LogP) is 2.03. The minimum atomic E-state index is -0.0535. The summed E-state index contributed by atoms with van der Waals surface area (Å²) in [6.45, 7) is 1.74. The maximum Gasteiger partial charge on any atom is 0.324 e. The first-order valence-corrected chi connectivity index (χ1v) is 10.7. The summed E-state index contributed by atoms with van der Waals surface area (Å²) in [7, 11) is 3.32. The second kappa shape index (κ2) is 8.19. The second-order valence-corrected chi connectivity index (χ2v) is 8.24. The maximum absolute atomic E-state index is 13.4. The molecule has 10 heteroatoms. The minimum Gasteiger partial charge on any atom is -0.375 e. The van der Waals surface area contributed by atoms with Crippen LogP contribution in [-0.2, 0) is 16.1 Å². The van der Waals surface area contributed by atoms with E-state index in [4.69, 9.17) is 9.72 Å². The molecule has 0 spiro atoms. The third-order valence-corrected chi connectivity index (χ3v) is 6.19. The highest BCUT2D eigenvalue weighted by molar-refractivity contribution is 6.04. The fourth-order valence-corrected chi connectivity index (χ4v) is 4.56. The monoisotopic (exact) mass is 435 g/mol. The number of methoxy groups -OCH3 is 1. The minimum absolute atomic E-state index is 0.0190. The van der Waals surface area contributed by atoms with E-state index in [0.717, 1.165) is 28.0 Å². The Morgan fingerprint density at radius 1 is 1.25 bits per heavy atom. The zero-order valence-electron chi connectivity index (χ0n) is 18.1. The summed E-state index contributed by atoms with van der Waals surface area (Å²) in [6, 6.07) is 3.76. The van der Waals surface area contributed by atoms with Gasteiger partial charge >= 0.3 is 6.03 Å². The van der Waals surface area contributed by atoms with E-state index in [2.05, 4.69) is 15.2 Å². The molecule has 3 aromatic rings. The van der Waals surface area contributed by atoms with Gasteiger partial charge in [-0.15, -0.1) is 0 Å². The molecule has 10 nitrogen and oxygen atoms in total. The van der Waals surface area contributed by atoms with Crippen LogP contribution < -0.4 is 4.90 Å². The van der Waals surface area contributed by atoms with E-state index in [1.807, 2.05) is 23.2 Å². The predicted molar refractivity (Wildman–Crippen MR) is 118 cm³/mol. The first kappa shape index (κ1) is 20.4. The molecule has 0 radical (unpaired) electrons. The summed E-state index contributed by atoms with van der Waals surface area (Å²) in [5, 5.41) is 6.83. The lowest BCUT2D eigenvalue weighted by Crippen LogP contribution is -2.54. The third kappa shape index (κ3) is 3.46. The molecule has 0 atom stereocenters. The highest BCUT2D eigenvalue weighted by Crippen LogP contribution is 2.37. The van der Waals surface area contributed by atoms with Gasteiger partial charge < -0.3 is 14.5 Å². The molecule has 1 N–H and O–H groups in total. The quantitative estimate of drug-likeness (QED) is 0.672. The summed E-state index contributed by atoms with van der Waals surface area (Å²) in [6.07, 6.45) is 6.74. The number of piperidine rings is 1. The number of aromatic amines is 1. The van der Waals surface area contributed by atoms with E-state index < -0.39 is 0 Å². The number of likely N-dealkylation sites (tertiary alicyclic amines) is 1. The molecular weight excluding hydrogens is 410 g/mol. The van der Waals surface area contributed by atoms with Gasteiger partial charge in [0, 0.05) is 56.8 Å². The summed E-state index contributed by atoms with van der Waals surface area (Å²) >= 11 is 0. The second-order valence-electron chi connectivity index (χ2n) is 8.24. The van der Waals surface area contributed by atoms with E-state index in [1.54, 1.807) is 29.2 Å². The number of anilines is 1. The Morgan fingerprint density at radius 3 is 2.78 bits per heavy atom. The zero-order chi connectivity index (χ0) is 22.2. The number of nitrogens with one attached hydrogen (secondary N) is 1. The van der Waals surface area contributed by atoms with Crippen molar-refractivity contribution < 1.29 is 14.3 Å². The van der Waals surface area contributed by atoms with E-state index >= 15 is 0 Å². The van der Waals surface area contributed by atoms with Crippen LogP contribution in [-0.4, -0.2) is 81.8 Å². The van der Waals surface area contributed by atoms with Gasteiger partial charge in [0.15, 0.2) is 0 Å². The average Bonchev–Trinajstić information content (AvgIpc) is 3.35.